The molecule has 0 saturated heterocycles. The van der Waals surface area contributed by atoms with Crippen LogP contribution in [0.25, 0.3) is 77.2 Å². The topological polar surface area (TPSA) is 81.2 Å². The van der Waals surface area contributed by atoms with Gasteiger partial charge in [0.1, 0.15) is 0 Å². The Morgan fingerprint density at radius 2 is 1.02 bits per heavy atom. The Kier molecular flexibility index (Phi) is 6.56. The summed E-state index contributed by atoms with van der Waals surface area (Å²) in [5.41, 5.74) is 11.3. The van der Waals surface area contributed by atoms with Gasteiger partial charge in [-0.05, 0) is 89.5 Å². The van der Waals surface area contributed by atoms with Crippen LogP contribution in [0.4, 0.5) is 0 Å². The first-order valence-electron chi connectivity index (χ1n) is 16.3. The van der Waals surface area contributed by atoms with Crippen LogP contribution in [-0.4, -0.2) is 9.13 Å². The maximum atomic E-state index is 10.4. The molecule has 0 fully saturated rings. The van der Waals surface area contributed by atoms with Gasteiger partial charge in [0.25, 0.3) is 0 Å². The molecule has 7 aromatic carbocycles. The SMILES string of the molecule is N#Cc1ccc2c(c1)c1c(C#N)cccc1n2-c1cccc(C#N)c1-c1cccc(-c2ccc(-n3c4ccccc4c4ccccc43)cc2)c1. The highest BCUT2D eigenvalue weighted by atomic mass is 15.0. The van der Waals surface area contributed by atoms with E-state index in [1.165, 1.54) is 21.8 Å². The van der Waals surface area contributed by atoms with Crippen LogP contribution >= 0.6 is 0 Å². The molecule has 9 rings (SSSR count). The normalized spacial score (nSPS) is 11.1. The maximum Gasteiger partial charge on any atom is 0.0998 e. The third kappa shape index (κ3) is 4.31. The molecule has 9 aromatic rings. The molecule has 0 saturated carbocycles. The van der Waals surface area contributed by atoms with Crippen molar-refractivity contribution in [3.8, 4) is 51.8 Å². The van der Waals surface area contributed by atoms with Crippen LogP contribution in [-0.2, 0) is 0 Å². The van der Waals surface area contributed by atoms with Gasteiger partial charge in [-0.25, -0.2) is 0 Å². The molecule has 0 atom stereocenters. The fraction of sp³-hybridized carbons (Fsp3) is 0. The van der Waals surface area contributed by atoms with E-state index < -0.39 is 0 Å². The lowest BCUT2D eigenvalue weighted by atomic mass is 9.94. The summed E-state index contributed by atoms with van der Waals surface area (Å²) in [5.74, 6) is 0. The summed E-state index contributed by atoms with van der Waals surface area (Å²) in [6, 6.07) is 57.9. The molecule has 0 N–H and O–H groups in total. The van der Waals surface area contributed by atoms with Crippen molar-refractivity contribution in [3.05, 3.63) is 168 Å². The Balaban J connectivity index is 1.20. The first-order chi connectivity index (χ1) is 24.7. The van der Waals surface area contributed by atoms with Crippen LogP contribution in [0.5, 0.6) is 0 Å². The number of fused-ring (bicyclic) bond motifs is 6. The summed E-state index contributed by atoms with van der Waals surface area (Å²) < 4.78 is 4.42. The zero-order valence-corrected chi connectivity index (χ0v) is 26.7. The largest absolute Gasteiger partial charge is 0.309 e. The first-order valence-corrected chi connectivity index (χ1v) is 16.3. The second kappa shape index (κ2) is 11.4. The van der Waals surface area contributed by atoms with E-state index in [0.717, 1.165) is 55.4 Å². The lowest BCUT2D eigenvalue weighted by molar-refractivity contribution is 1.18. The van der Waals surface area contributed by atoms with Gasteiger partial charge in [-0.15, -0.1) is 0 Å². The molecule has 0 unspecified atom stereocenters. The van der Waals surface area contributed by atoms with Gasteiger partial charge in [0.05, 0.1) is 62.7 Å². The number of rotatable bonds is 4. The second-order valence-corrected chi connectivity index (χ2v) is 12.3. The zero-order chi connectivity index (χ0) is 33.8. The number of nitrogens with zero attached hydrogens (tertiary/aromatic N) is 5. The van der Waals surface area contributed by atoms with Gasteiger partial charge in [-0.1, -0.05) is 78.9 Å². The van der Waals surface area contributed by atoms with Gasteiger partial charge >= 0.3 is 0 Å². The average molecular weight is 636 g/mol. The Morgan fingerprint density at radius 1 is 0.400 bits per heavy atom. The van der Waals surface area contributed by atoms with Crippen molar-refractivity contribution in [3.63, 3.8) is 0 Å². The summed E-state index contributed by atoms with van der Waals surface area (Å²) in [6.07, 6.45) is 0. The Labute approximate surface area is 287 Å². The Bertz CT molecular complexity index is 2900. The molecule has 5 heteroatoms. The van der Waals surface area contributed by atoms with Crippen molar-refractivity contribution in [2.75, 3.05) is 0 Å². The molecule has 0 aliphatic heterocycles. The fourth-order valence-corrected chi connectivity index (χ4v) is 7.47. The Hall–Kier alpha value is -7.39. The quantitative estimate of drug-likeness (QED) is 0.193. The van der Waals surface area contributed by atoms with Crippen molar-refractivity contribution in [2.24, 2.45) is 0 Å². The van der Waals surface area contributed by atoms with E-state index in [4.69, 9.17) is 0 Å². The first kappa shape index (κ1) is 28.8. The van der Waals surface area contributed by atoms with Crippen LogP contribution < -0.4 is 0 Å². The van der Waals surface area contributed by atoms with E-state index in [1.54, 1.807) is 12.1 Å². The van der Waals surface area contributed by atoms with E-state index in [0.29, 0.717) is 16.7 Å². The zero-order valence-electron chi connectivity index (χ0n) is 26.7. The standard InChI is InChI=1S/C45H25N5/c46-26-29-18-23-41-38(24-29)45-34(28-48)11-7-17-43(45)50(41)42-16-6-10-33(27-47)44(42)32-9-5-8-31(25-32)30-19-21-35(22-20-30)49-39-14-3-1-12-36(39)37-13-2-4-15-40(37)49/h1-25H. The highest BCUT2D eigenvalue weighted by Crippen LogP contribution is 2.40. The minimum Gasteiger partial charge on any atom is -0.309 e. The van der Waals surface area contributed by atoms with Crippen LogP contribution in [0.15, 0.2) is 152 Å². The summed E-state index contributed by atoms with van der Waals surface area (Å²) in [5, 5.41) is 34.2. The summed E-state index contributed by atoms with van der Waals surface area (Å²) >= 11 is 0. The van der Waals surface area contributed by atoms with Crippen LogP contribution in [0, 0.1) is 34.0 Å². The molecule has 0 spiro atoms. The molecule has 0 aliphatic rings. The monoisotopic (exact) mass is 635 g/mol. The highest BCUT2D eigenvalue weighted by molar-refractivity contribution is 6.13. The van der Waals surface area contributed by atoms with E-state index in [-0.39, 0.29) is 0 Å². The molecule has 0 bridgehead atoms. The predicted octanol–water partition coefficient (Wildman–Crippen LogP) is 10.8. The van der Waals surface area contributed by atoms with Gasteiger partial charge in [0.2, 0.25) is 0 Å². The Morgan fingerprint density at radius 3 is 1.74 bits per heavy atom. The van der Waals surface area contributed by atoms with Crippen molar-refractivity contribution in [1.82, 2.24) is 9.13 Å². The van der Waals surface area contributed by atoms with Gasteiger partial charge in [-0.2, -0.15) is 15.8 Å². The number of para-hydroxylation sites is 2. The minimum atomic E-state index is 0.521. The van der Waals surface area contributed by atoms with Crippen molar-refractivity contribution in [1.29, 1.82) is 15.8 Å². The molecular weight excluding hydrogens is 611 g/mol. The fourth-order valence-electron chi connectivity index (χ4n) is 7.47. The molecule has 0 radical (unpaired) electrons. The highest BCUT2D eigenvalue weighted by Gasteiger charge is 2.20. The van der Waals surface area contributed by atoms with E-state index in [9.17, 15) is 15.8 Å². The molecule has 2 heterocycles. The lowest BCUT2D eigenvalue weighted by Gasteiger charge is -2.16. The number of aromatic nitrogens is 2. The minimum absolute atomic E-state index is 0.521. The summed E-state index contributed by atoms with van der Waals surface area (Å²) in [7, 11) is 0. The van der Waals surface area contributed by atoms with Gasteiger partial charge in [-0.3, -0.25) is 0 Å². The summed E-state index contributed by atoms with van der Waals surface area (Å²) in [4.78, 5) is 0. The molecule has 5 nitrogen and oxygen atoms in total. The third-order valence-electron chi connectivity index (χ3n) is 9.63. The molecular formula is C45H25N5. The van der Waals surface area contributed by atoms with Gasteiger partial charge in [0, 0.05) is 32.8 Å². The van der Waals surface area contributed by atoms with Crippen LogP contribution in [0.3, 0.4) is 0 Å². The van der Waals surface area contributed by atoms with Crippen molar-refractivity contribution in [2.45, 2.75) is 0 Å². The van der Waals surface area contributed by atoms with Gasteiger partial charge in [0.15, 0.2) is 0 Å². The lowest BCUT2D eigenvalue weighted by Crippen LogP contribution is -2.00. The molecule has 0 amide bonds. The number of hydrogen-bond acceptors (Lipinski definition) is 3. The van der Waals surface area contributed by atoms with E-state index in [2.05, 4.69) is 112 Å². The smallest absolute Gasteiger partial charge is 0.0998 e. The van der Waals surface area contributed by atoms with Gasteiger partial charge < -0.3 is 9.13 Å². The average Bonchev–Trinajstić information content (AvgIpc) is 3.70. The molecule has 50 heavy (non-hydrogen) atoms. The molecule has 0 aliphatic carbocycles. The summed E-state index contributed by atoms with van der Waals surface area (Å²) in [6.45, 7) is 0. The van der Waals surface area contributed by atoms with Crippen molar-refractivity contribution < 1.29 is 0 Å². The van der Waals surface area contributed by atoms with Crippen LogP contribution in [0.1, 0.15) is 16.7 Å². The number of benzene rings is 7. The molecule has 230 valence electrons. The predicted molar refractivity (Wildman–Crippen MR) is 200 cm³/mol. The number of hydrogen-bond donors (Lipinski definition) is 0. The molecule has 2 aromatic heterocycles. The second-order valence-electron chi connectivity index (χ2n) is 12.3. The van der Waals surface area contributed by atoms with Crippen LogP contribution in [0.2, 0.25) is 0 Å². The maximum absolute atomic E-state index is 10.4. The van der Waals surface area contributed by atoms with E-state index in [1.807, 2.05) is 54.6 Å². The number of nitriles is 3. The van der Waals surface area contributed by atoms with E-state index >= 15 is 0 Å². The van der Waals surface area contributed by atoms with Crippen molar-refractivity contribution >= 4 is 43.6 Å². The third-order valence-corrected chi connectivity index (χ3v) is 9.63.